The Hall–Kier alpha value is -8.20. The monoisotopic (exact) mass is 1090 g/mol. The van der Waals surface area contributed by atoms with Crippen LogP contribution < -0.4 is 40.7 Å². The van der Waals surface area contributed by atoms with Crippen molar-refractivity contribution in [3.8, 4) is 23.0 Å². The summed E-state index contributed by atoms with van der Waals surface area (Å²) in [5, 5.41) is 17.1. The van der Waals surface area contributed by atoms with E-state index in [-0.39, 0.29) is 6.10 Å². The molecule has 0 saturated carbocycles. The highest BCUT2D eigenvalue weighted by Gasteiger charge is 2.21. The Morgan fingerprint density at radius 3 is 1.09 bits per heavy atom. The summed E-state index contributed by atoms with van der Waals surface area (Å²) in [4.78, 5) is 4.33. The molecule has 5 aliphatic rings. The lowest BCUT2D eigenvalue weighted by molar-refractivity contribution is 0.104. The summed E-state index contributed by atoms with van der Waals surface area (Å²) >= 11 is 0. The van der Waals surface area contributed by atoms with E-state index in [2.05, 4.69) is 166 Å². The van der Waals surface area contributed by atoms with Crippen molar-refractivity contribution in [1.82, 2.24) is 31.5 Å². The van der Waals surface area contributed by atoms with Crippen LogP contribution in [0.4, 0.5) is 0 Å². The van der Waals surface area contributed by atoms with Crippen LogP contribution in [-0.2, 0) is 0 Å². The van der Waals surface area contributed by atoms with Crippen LogP contribution in [0.25, 0.3) is 0 Å². The molecule has 0 aliphatic carbocycles. The second-order valence-electron chi connectivity index (χ2n) is 21.9. The van der Waals surface area contributed by atoms with Crippen molar-refractivity contribution in [1.29, 1.82) is 0 Å². The van der Waals surface area contributed by atoms with Crippen molar-refractivity contribution < 1.29 is 18.9 Å². The molecule has 1 fully saturated rings. The third kappa shape index (κ3) is 20.1. The zero-order chi connectivity index (χ0) is 58.6. The number of hydrogen-bond acceptors (Lipinski definition) is 14. The molecule has 81 heavy (non-hydrogen) atoms. The molecule has 4 N–H and O–H groups in total. The maximum absolute atomic E-state index is 6.24. The van der Waals surface area contributed by atoms with Gasteiger partial charge in [-0.05, 0) is 210 Å². The van der Waals surface area contributed by atoms with Gasteiger partial charge >= 0.3 is 0 Å². The smallest absolute Gasteiger partial charge is 0.141 e. The number of aryl methyl sites for hydroxylation is 4. The quantitative estimate of drug-likeness (QED) is 0.0530. The van der Waals surface area contributed by atoms with Gasteiger partial charge in [0.2, 0.25) is 0 Å². The van der Waals surface area contributed by atoms with E-state index >= 15 is 0 Å². The van der Waals surface area contributed by atoms with Crippen molar-refractivity contribution in [3.63, 3.8) is 0 Å². The molecule has 4 aromatic carbocycles. The topological polar surface area (TPSA) is 141 Å². The molecule has 9 rings (SSSR count). The van der Waals surface area contributed by atoms with Gasteiger partial charge in [0.15, 0.2) is 0 Å². The Balaban J connectivity index is 0.000000174. The summed E-state index contributed by atoms with van der Waals surface area (Å²) in [6.07, 6.45) is 16.8. The van der Waals surface area contributed by atoms with E-state index in [1.165, 1.54) is 13.1 Å². The first-order valence-electron chi connectivity index (χ1n) is 27.9. The Morgan fingerprint density at radius 1 is 0.469 bits per heavy atom. The second-order valence-corrected chi connectivity index (χ2v) is 21.9. The van der Waals surface area contributed by atoms with Gasteiger partial charge in [0.05, 0.1) is 29.5 Å². The van der Waals surface area contributed by atoms with Crippen LogP contribution in [0.3, 0.4) is 0 Å². The standard InChI is InChI=1S/C19H26N2O.C17H22N2O.C16H19N3O.C15H19N3O/c1-12(2)19(13(3)4)22-18-10-8-16(11-14(18)5)17-9-7-15(6)20-21-17;1-12(2)9-10-20-17-8-6-15(11-13(17)3)16-7-5-14(4)18-19-16;1-12-11-14(15-5-3-13(2)17-18-15)4-6-16(12)20-10-9-19-7-8-19;1-11-9-13(14-7-5-12(2)16-17-14)6-8-15(11)19-10-18(3)4/h7-13,19-20H,6H2,1-5H3;5-8,11-12,18H,4,9-10H2,1-3H3;3-6,11,17H,2,7-10H2,1H3;5-9,16H,2,10H2,1,3-4H3. The van der Waals surface area contributed by atoms with Crippen molar-refractivity contribution in [2.75, 3.05) is 53.7 Å². The largest absolute Gasteiger partial charge is 0.493 e. The highest BCUT2D eigenvalue weighted by molar-refractivity contribution is 6.11. The number of benzene rings is 4. The van der Waals surface area contributed by atoms with Gasteiger partial charge < -0.3 is 18.9 Å². The molecular formula is C67H86N10O4. The molecule has 0 amide bonds. The lowest BCUT2D eigenvalue weighted by atomic mass is 9.96. The molecule has 1 saturated heterocycles. The number of hydrazone groups is 4. The van der Waals surface area contributed by atoms with E-state index in [1.807, 2.05) is 117 Å². The Labute approximate surface area is 482 Å². The van der Waals surface area contributed by atoms with Crippen molar-refractivity contribution in [2.24, 2.45) is 38.2 Å². The minimum atomic E-state index is 0.224. The fourth-order valence-corrected chi connectivity index (χ4v) is 8.41. The molecule has 428 valence electrons. The van der Waals surface area contributed by atoms with Crippen LogP contribution in [0.1, 0.15) is 92.5 Å². The van der Waals surface area contributed by atoms with Crippen molar-refractivity contribution in [2.45, 2.75) is 81.8 Å². The van der Waals surface area contributed by atoms with Gasteiger partial charge in [0, 0.05) is 64.7 Å². The van der Waals surface area contributed by atoms with Gasteiger partial charge in [0.1, 0.15) is 42.4 Å². The first-order chi connectivity index (χ1) is 38.7. The summed E-state index contributed by atoms with van der Waals surface area (Å²) in [6.45, 7) is 42.2. The van der Waals surface area contributed by atoms with Gasteiger partial charge in [-0.1, -0.05) is 67.9 Å². The van der Waals surface area contributed by atoms with E-state index in [0.29, 0.717) is 24.5 Å². The van der Waals surface area contributed by atoms with Crippen LogP contribution >= 0.6 is 0 Å². The molecule has 0 atom stereocenters. The zero-order valence-corrected chi connectivity index (χ0v) is 50.0. The van der Waals surface area contributed by atoms with Gasteiger partial charge in [-0.25, -0.2) is 0 Å². The molecule has 0 spiro atoms. The first-order valence-corrected chi connectivity index (χ1v) is 27.9. The molecule has 0 aromatic heterocycles. The molecule has 14 nitrogen and oxygen atoms in total. The van der Waals surface area contributed by atoms with Crippen molar-refractivity contribution >= 4 is 22.8 Å². The van der Waals surface area contributed by atoms with Crippen molar-refractivity contribution in [3.05, 3.63) is 215 Å². The highest BCUT2D eigenvalue weighted by atomic mass is 16.5. The number of nitrogens with one attached hydrogen (secondary N) is 4. The van der Waals surface area contributed by atoms with Crippen LogP contribution in [-0.4, -0.2) is 92.4 Å². The zero-order valence-electron chi connectivity index (χ0n) is 50.0. The lowest BCUT2D eigenvalue weighted by Gasteiger charge is -2.27. The first kappa shape index (κ1) is 62.0. The van der Waals surface area contributed by atoms with Gasteiger partial charge in [-0.3, -0.25) is 31.5 Å². The maximum atomic E-state index is 6.24. The van der Waals surface area contributed by atoms with Crippen LogP contribution in [0, 0.1) is 45.4 Å². The minimum absolute atomic E-state index is 0.224. The summed E-state index contributed by atoms with van der Waals surface area (Å²) < 4.78 is 23.6. The van der Waals surface area contributed by atoms with E-state index in [9.17, 15) is 0 Å². The number of allylic oxidation sites excluding steroid dienone is 8. The average molecular weight is 1100 g/mol. The minimum Gasteiger partial charge on any atom is -0.493 e. The predicted octanol–water partition coefficient (Wildman–Crippen LogP) is 12.6. The number of rotatable bonds is 19. The SMILES string of the molecule is C=C1C=CC(c2ccc(OC(C(C)C)C(C)C)c(C)c2)=NN1.C=C1C=CC(c2ccc(OCCC(C)C)c(C)c2)=NN1.C=C1C=CC(c2ccc(OCCN3CC3)c(C)c2)=NN1.C=C1C=CC(c2ccc(OCN(C)C)c(C)c2)=NN1. The fourth-order valence-electron chi connectivity index (χ4n) is 8.41. The van der Waals surface area contributed by atoms with Crippen LogP contribution in [0.2, 0.25) is 0 Å². The normalized spacial score (nSPS) is 15.2. The summed E-state index contributed by atoms with van der Waals surface area (Å²) in [5.41, 5.74) is 27.2. The molecule has 5 aliphatic heterocycles. The summed E-state index contributed by atoms with van der Waals surface area (Å²) in [5.74, 6) is 5.39. The predicted molar refractivity (Wildman–Crippen MR) is 337 cm³/mol. The maximum Gasteiger partial charge on any atom is 0.141 e. The Kier molecular flexibility index (Phi) is 23.3. The van der Waals surface area contributed by atoms with E-state index in [0.717, 1.165) is 139 Å². The summed E-state index contributed by atoms with van der Waals surface area (Å²) in [6, 6.07) is 24.6. The van der Waals surface area contributed by atoms with Gasteiger partial charge in [-0.2, -0.15) is 20.4 Å². The molecule has 4 aromatic rings. The number of ether oxygens (including phenoxy) is 4. The molecular weight excluding hydrogens is 1010 g/mol. The third-order valence-electron chi connectivity index (χ3n) is 13.1. The average Bonchev–Trinajstić information content (AvgIpc) is 4.29. The third-order valence-corrected chi connectivity index (χ3v) is 13.1. The Bertz CT molecular complexity index is 3030. The fraction of sp³-hybridized carbons (Fsp3) is 0.343. The van der Waals surface area contributed by atoms with Crippen LogP contribution in [0.5, 0.6) is 23.0 Å². The van der Waals surface area contributed by atoms with E-state index in [1.54, 1.807) is 0 Å². The van der Waals surface area contributed by atoms with Gasteiger partial charge in [0.25, 0.3) is 0 Å². The van der Waals surface area contributed by atoms with E-state index in [4.69, 9.17) is 18.9 Å². The molecule has 0 radical (unpaired) electrons. The van der Waals surface area contributed by atoms with Crippen LogP contribution in [0.15, 0.2) is 191 Å². The molecule has 14 heteroatoms. The van der Waals surface area contributed by atoms with Gasteiger partial charge in [-0.15, -0.1) is 0 Å². The number of nitrogens with zero attached hydrogens (tertiary/aromatic N) is 6. The summed E-state index contributed by atoms with van der Waals surface area (Å²) in [7, 11) is 3.95. The Morgan fingerprint density at radius 2 is 0.802 bits per heavy atom. The molecule has 0 bridgehead atoms. The second kappa shape index (κ2) is 30.4. The number of hydrogen-bond donors (Lipinski definition) is 4. The lowest BCUT2D eigenvalue weighted by Crippen LogP contribution is -2.29. The molecule has 5 heterocycles. The highest BCUT2D eigenvalue weighted by Crippen LogP contribution is 2.27. The van der Waals surface area contributed by atoms with E-state index < -0.39 is 0 Å². The molecule has 0 unspecified atom stereocenters.